The van der Waals surface area contributed by atoms with E-state index in [1.807, 2.05) is 32.5 Å². The number of rotatable bonds is 2. The van der Waals surface area contributed by atoms with E-state index in [0.717, 1.165) is 17.9 Å². The van der Waals surface area contributed by atoms with Crippen molar-refractivity contribution in [2.75, 3.05) is 11.5 Å². The third-order valence-corrected chi connectivity index (χ3v) is 3.87. The Morgan fingerprint density at radius 1 is 1.57 bits per heavy atom. The summed E-state index contributed by atoms with van der Waals surface area (Å²) < 4.78 is 0. The van der Waals surface area contributed by atoms with Crippen molar-refractivity contribution in [1.29, 1.82) is 0 Å². The normalized spacial score (nSPS) is 24.7. The van der Waals surface area contributed by atoms with E-state index < -0.39 is 0 Å². The van der Waals surface area contributed by atoms with Crippen LogP contribution in [-0.4, -0.2) is 28.3 Å². The van der Waals surface area contributed by atoms with Gasteiger partial charge in [0.15, 0.2) is 0 Å². The first-order valence-corrected chi connectivity index (χ1v) is 6.53. The molecule has 2 nitrogen and oxygen atoms in total. The highest BCUT2D eigenvalue weighted by Gasteiger charge is 2.30. The molecule has 0 aromatic carbocycles. The summed E-state index contributed by atoms with van der Waals surface area (Å²) in [5.74, 6) is 2.48. The van der Waals surface area contributed by atoms with Gasteiger partial charge in [-0.1, -0.05) is 0 Å². The zero-order valence-corrected chi connectivity index (χ0v) is 10.5. The van der Waals surface area contributed by atoms with Crippen molar-refractivity contribution in [2.45, 2.75) is 38.1 Å². The maximum atomic E-state index is 11.7. The second-order valence-electron chi connectivity index (χ2n) is 4.76. The van der Waals surface area contributed by atoms with Crippen molar-refractivity contribution in [3.8, 4) is 0 Å². The van der Waals surface area contributed by atoms with Crippen LogP contribution in [0.5, 0.6) is 0 Å². The van der Waals surface area contributed by atoms with Gasteiger partial charge in [0.1, 0.15) is 5.38 Å². The monoisotopic (exact) mass is 235 g/mol. The third kappa shape index (κ3) is 3.70. The first-order valence-electron chi connectivity index (χ1n) is 4.94. The quantitative estimate of drug-likeness (QED) is 0.744. The number of carbonyl (C=O) groups excluding carboxylic acids is 1. The van der Waals surface area contributed by atoms with Crippen LogP contribution in [0.25, 0.3) is 0 Å². The lowest BCUT2D eigenvalue weighted by molar-refractivity contribution is -0.122. The van der Waals surface area contributed by atoms with Crippen LogP contribution in [0.4, 0.5) is 0 Å². The smallest absolute Gasteiger partial charge is 0.238 e. The van der Waals surface area contributed by atoms with Gasteiger partial charge in [0.05, 0.1) is 0 Å². The summed E-state index contributed by atoms with van der Waals surface area (Å²) in [6.45, 7) is 5.91. The number of hydrogen-bond donors (Lipinski definition) is 1. The van der Waals surface area contributed by atoms with Crippen LogP contribution in [0, 0.1) is 5.92 Å². The van der Waals surface area contributed by atoms with E-state index in [-0.39, 0.29) is 16.8 Å². The fourth-order valence-corrected chi connectivity index (χ4v) is 3.11. The number of nitrogens with one attached hydrogen (secondary N) is 1. The standard InChI is InChI=1S/C10H18ClNOS/c1-10(2,3)12-9(13)8(11)7-4-5-14-6-7/h7-8H,4-6H2,1-3H3,(H,12,13). The van der Waals surface area contributed by atoms with Crippen LogP contribution >= 0.6 is 23.4 Å². The summed E-state index contributed by atoms with van der Waals surface area (Å²) in [5, 5.41) is 2.56. The lowest BCUT2D eigenvalue weighted by atomic mass is 10.0. The van der Waals surface area contributed by atoms with E-state index in [4.69, 9.17) is 11.6 Å². The molecule has 4 heteroatoms. The minimum Gasteiger partial charge on any atom is -0.350 e. The summed E-state index contributed by atoms with van der Waals surface area (Å²) in [5.41, 5.74) is -0.185. The molecule has 2 unspecified atom stereocenters. The Labute approximate surface area is 95.2 Å². The summed E-state index contributed by atoms with van der Waals surface area (Å²) in [6, 6.07) is 0. The van der Waals surface area contributed by atoms with E-state index in [1.165, 1.54) is 0 Å². The molecule has 0 spiro atoms. The third-order valence-electron chi connectivity index (χ3n) is 2.13. The second kappa shape index (κ2) is 4.75. The zero-order valence-electron chi connectivity index (χ0n) is 8.97. The Balaban J connectivity index is 2.43. The predicted molar refractivity (Wildman–Crippen MR) is 63.0 cm³/mol. The molecule has 1 saturated heterocycles. The summed E-state index contributed by atoms with van der Waals surface area (Å²) in [7, 11) is 0. The fourth-order valence-electron chi connectivity index (χ4n) is 1.44. The number of amides is 1. The molecular formula is C10H18ClNOS. The van der Waals surface area contributed by atoms with Gasteiger partial charge in [-0.15, -0.1) is 11.6 Å². The molecule has 1 aliphatic rings. The van der Waals surface area contributed by atoms with Crippen molar-refractivity contribution in [3.05, 3.63) is 0 Å². The molecule has 0 aliphatic carbocycles. The van der Waals surface area contributed by atoms with Gasteiger partial charge in [0.25, 0.3) is 0 Å². The van der Waals surface area contributed by atoms with Gasteiger partial charge in [-0.3, -0.25) is 4.79 Å². The highest BCUT2D eigenvalue weighted by atomic mass is 35.5. The Morgan fingerprint density at radius 3 is 2.64 bits per heavy atom. The van der Waals surface area contributed by atoms with Gasteiger partial charge in [0, 0.05) is 5.54 Å². The van der Waals surface area contributed by atoms with Crippen molar-refractivity contribution in [2.24, 2.45) is 5.92 Å². The molecule has 1 amide bonds. The lowest BCUT2D eigenvalue weighted by Gasteiger charge is -2.24. The van der Waals surface area contributed by atoms with E-state index in [2.05, 4.69) is 5.32 Å². The fraction of sp³-hybridized carbons (Fsp3) is 0.900. The number of alkyl halides is 1. The zero-order chi connectivity index (χ0) is 10.8. The molecule has 0 radical (unpaired) electrons. The highest BCUT2D eigenvalue weighted by molar-refractivity contribution is 7.99. The SMILES string of the molecule is CC(C)(C)NC(=O)C(Cl)C1CCSC1. The topological polar surface area (TPSA) is 29.1 Å². The Kier molecular flexibility index (Phi) is 4.14. The van der Waals surface area contributed by atoms with Crippen LogP contribution < -0.4 is 5.32 Å². The summed E-state index contributed by atoms with van der Waals surface area (Å²) in [4.78, 5) is 11.7. The number of thioether (sulfide) groups is 1. The average Bonchev–Trinajstić information content (AvgIpc) is 2.51. The molecule has 0 saturated carbocycles. The molecule has 0 bridgehead atoms. The van der Waals surface area contributed by atoms with Gasteiger partial charge in [0.2, 0.25) is 5.91 Å². The van der Waals surface area contributed by atoms with Crippen molar-refractivity contribution >= 4 is 29.3 Å². The van der Waals surface area contributed by atoms with Crippen molar-refractivity contribution < 1.29 is 4.79 Å². The lowest BCUT2D eigenvalue weighted by Crippen LogP contribution is -2.46. The van der Waals surface area contributed by atoms with Crippen LogP contribution in [-0.2, 0) is 4.79 Å². The molecule has 14 heavy (non-hydrogen) atoms. The Hall–Kier alpha value is 0.110. The maximum absolute atomic E-state index is 11.7. The van der Waals surface area contributed by atoms with E-state index >= 15 is 0 Å². The van der Waals surface area contributed by atoms with Crippen LogP contribution in [0.15, 0.2) is 0 Å². The molecule has 2 atom stereocenters. The van der Waals surface area contributed by atoms with Crippen LogP contribution in [0.1, 0.15) is 27.2 Å². The predicted octanol–water partition coefficient (Wildman–Crippen LogP) is 2.26. The van der Waals surface area contributed by atoms with Gasteiger partial charge >= 0.3 is 0 Å². The van der Waals surface area contributed by atoms with Gasteiger partial charge in [-0.25, -0.2) is 0 Å². The van der Waals surface area contributed by atoms with Crippen molar-refractivity contribution in [1.82, 2.24) is 5.32 Å². The molecule has 0 aromatic rings. The minimum atomic E-state index is -0.357. The first kappa shape index (κ1) is 12.2. The van der Waals surface area contributed by atoms with E-state index in [9.17, 15) is 4.79 Å². The van der Waals surface area contributed by atoms with E-state index in [0.29, 0.717) is 5.92 Å². The molecular weight excluding hydrogens is 218 g/mol. The molecule has 82 valence electrons. The maximum Gasteiger partial charge on any atom is 0.238 e. The molecule has 1 aliphatic heterocycles. The minimum absolute atomic E-state index is 0.0216. The average molecular weight is 236 g/mol. The van der Waals surface area contributed by atoms with E-state index in [1.54, 1.807) is 0 Å². The van der Waals surface area contributed by atoms with Gasteiger partial charge < -0.3 is 5.32 Å². The molecule has 0 aromatic heterocycles. The molecule has 1 fully saturated rings. The van der Waals surface area contributed by atoms with Gasteiger partial charge in [-0.2, -0.15) is 11.8 Å². The number of hydrogen-bond acceptors (Lipinski definition) is 2. The number of halogens is 1. The van der Waals surface area contributed by atoms with Crippen LogP contribution in [0.3, 0.4) is 0 Å². The Bertz CT molecular complexity index is 209. The Morgan fingerprint density at radius 2 is 2.21 bits per heavy atom. The highest BCUT2D eigenvalue weighted by Crippen LogP contribution is 2.29. The van der Waals surface area contributed by atoms with Gasteiger partial charge in [-0.05, 0) is 44.6 Å². The van der Waals surface area contributed by atoms with Crippen LogP contribution in [0.2, 0.25) is 0 Å². The second-order valence-corrected chi connectivity index (χ2v) is 6.38. The summed E-state index contributed by atoms with van der Waals surface area (Å²) in [6.07, 6.45) is 1.07. The number of carbonyl (C=O) groups is 1. The molecule has 1 heterocycles. The van der Waals surface area contributed by atoms with Crippen molar-refractivity contribution in [3.63, 3.8) is 0 Å². The first-order chi connectivity index (χ1) is 6.40. The summed E-state index contributed by atoms with van der Waals surface area (Å²) >= 11 is 8.00. The molecule has 1 N–H and O–H groups in total. The molecule has 1 rings (SSSR count). The largest absolute Gasteiger partial charge is 0.350 e.